The van der Waals surface area contributed by atoms with E-state index < -0.39 is 0 Å². The Labute approximate surface area is 416 Å². The van der Waals surface area contributed by atoms with Crippen LogP contribution in [-0.4, -0.2) is 7.28 Å². The van der Waals surface area contributed by atoms with Crippen molar-refractivity contribution in [3.8, 4) is 44.5 Å². The number of anilines is 2. The topological polar surface area (TPSA) is 25.2 Å². The van der Waals surface area contributed by atoms with Crippen LogP contribution in [0.15, 0.2) is 126 Å². The molecule has 0 spiro atoms. The van der Waals surface area contributed by atoms with Crippen LogP contribution >= 0.6 is 0 Å². The van der Waals surface area contributed by atoms with Crippen molar-refractivity contribution in [2.75, 3.05) is 5.32 Å². The van der Waals surface area contributed by atoms with Crippen molar-refractivity contribution < 1.29 is 4.42 Å². The molecular formula is C67H66BNO. The summed E-state index contributed by atoms with van der Waals surface area (Å²) in [5, 5.41) is 9.16. The minimum atomic E-state index is -0.308. The molecule has 0 unspecified atom stereocenters. The smallest absolute Gasteiger partial charge is 0.194 e. The molecule has 348 valence electrons. The van der Waals surface area contributed by atoms with Gasteiger partial charge in [0, 0.05) is 27.4 Å². The van der Waals surface area contributed by atoms with Gasteiger partial charge in [-0.15, -0.1) is 0 Å². The molecule has 2 bridgehead atoms. The zero-order valence-electron chi connectivity index (χ0n) is 43.5. The molecule has 9 aromatic rings. The molecule has 70 heavy (non-hydrogen) atoms. The molecule has 8 aromatic carbocycles. The van der Waals surface area contributed by atoms with Crippen LogP contribution in [0.2, 0.25) is 0 Å². The largest absolute Gasteiger partial charge is 0.455 e. The lowest BCUT2D eigenvalue weighted by Gasteiger charge is -2.42. The fourth-order valence-electron chi connectivity index (χ4n) is 14.0. The summed E-state index contributed by atoms with van der Waals surface area (Å²) in [7, 11) is 0.796. The Kier molecular flexibility index (Phi) is 8.99. The number of hydrogen-bond acceptors (Lipinski definition) is 2. The summed E-state index contributed by atoms with van der Waals surface area (Å²) in [4.78, 5) is 0. The van der Waals surface area contributed by atoms with E-state index in [9.17, 15) is 0 Å². The highest BCUT2D eigenvalue weighted by Gasteiger charge is 2.43. The van der Waals surface area contributed by atoms with Crippen molar-refractivity contribution in [2.24, 2.45) is 0 Å². The lowest BCUT2D eigenvalue weighted by molar-refractivity contribution is 0.332. The molecule has 0 radical (unpaired) electrons. The summed E-state index contributed by atoms with van der Waals surface area (Å²) >= 11 is 0. The molecule has 0 fully saturated rings. The highest BCUT2D eigenvalue weighted by Crippen LogP contribution is 2.57. The van der Waals surface area contributed by atoms with Crippen molar-refractivity contribution in [3.63, 3.8) is 0 Å². The molecule has 0 saturated carbocycles. The van der Waals surface area contributed by atoms with Crippen LogP contribution in [0, 0.1) is 13.8 Å². The van der Waals surface area contributed by atoms with Gasteiger partial charge in [-0.05, 0) is 204 Å². The van der Waals surface area contributed by atoms with Gasteiger partial charge < -0.3 is 9.73 Å². The average Bonchev–Trinajstić information content (AvgIpc) is 3.80. The van der Waals surface area contributed by atoms with Crippen LogP contribution in [0.4, 0.5) is 11.4 Å². The SMILES string of the molecule is Cc1cc2c(cc1Nc1ccc3c(oc4cc5c(cc43)C(C)(C)CCC5(C)C)c1-c1c3c(cc4c1C(C)(C)c1ccccc1-4)-c1cc4ccccc4cc1-c1cccc(c1C)B3)C(C)(C)CCC2(C)C. The van der Waals surface area contributed by atoms with Crippen molar-refractivity contribution >= 4 is 62.3 Å². The molecule has 1 N–H and O–H groups in total. The molecular weight excluding hydrogens is 846 g/mol. The predicted octanol–water partition coefficient (Wildman–Crippen LogP) is 16.8. The zero-order chi connectivity index (χ0) is 48.6. The number of aryl methyl sites for hydroxylation is 1. The van der Waals surface area contributed by atoms with Crippen LogP contribution in [0.25, 0.3) is 77.2 Å². The number of nitrogens with one attached hydrogen (secondary N) is 1. The van der Waals surface area contributed by atoms with Crippen LogP contribution in [-0.2, 0) is 27.1 Å². The first-order valence-corrected chi connectivity index (χ1v) is 26.1. The van der Waals surface area contributed by atoms with Gasteiger partial charge in [-0.25, -0.2) is 0 Å². The van der Waals surface area contributed by atoms with E-state index in [-0.39, 0.29) is 27.1 Å². The summed E-state index contributed by atoms with van der Waals surface area (Å²) < 4.78 is 7.63. The highest BCUT2D eigenvalue weighted by molar-refractivity contribution is 6.71. The molecule has 2 nitrogen and oxygen atoms in total. The first-order valence-electron chi connectivity index (χ1n) is 26.1. The number of fused-ring (bicyclic) bond motifs is 15. The third-order valence-electron chi connectivity index (χ3n) is 18.6. The van der Waals surface area contributed by atoms with Gasteiger partial charge in [0.25, 0.3) is 0 Å². The summed E-state index contributed by atoms with van der Waals surface area (Å²) in [6, 6.07) is 47.3. The standard InChI is InChI=1S/C67H66BNO/c1-37-30-50-52(65(7,8)28-26-63(50,3)4)35-56(37)69-55-25-24-43-46-34-51-53(66(9,10)29-27-64(51,5)6)36-57(46)70-62(43)58(55)59-60-47(42-20-15-16-22-49(42)67(60,11)12)33-48-45-32-40-19-14-13-18-39(40)31-44(45)41-21-17-23-54(38(41)2)68-61(48)59/h13-25,30-36,68-69H,26-29H2,1-12H3. The first-order chi connectivity index (χ1) is 33.2. The molecule has 0 amide bonds. The monoisotopic (exact) mass is 912 g/mol. The van der Waals surface area contributed by atoms with Crippen LogP contribution in [0.5, 0.6) is 0 Å². The summed E-state index contributed by atoms with van der Waals surface area (Å²) in [5.74, 6) is 0. The van der Waals surface area contributed by atoms with Gasteiger partial charge in [0.1, 0.15) is 11.2 Å². The van der Waals surface area contributed by atoms with E-state index in [4.69, 9.17) is 4.42 Å². The Morgan fingerprint density at radius 1 is 0.457 bits per heavy atom. The lowest BCUT2D eigenvalue weighted by atomic mass is 9.55. The Morgan fingerprint density at radius 2 is 1.04 bits per heavy atom. The minimum absolute atomic E-state index is 0.0513. The van der Waals surface area contributed by atoms with E-state index in [1.54, 1.807) is 0 Å². The fraction of sp³-hybridized carbons (Fsp3) is 0.313. The van der Waals surface area contributed by atoms with Gasteiger partial charge in [0.15, 0.2) is 7.28 Å². The molecule has 4 aliphatic rings. The van der Waals surface area contributed by atoms with Crippen LogP contribution in [0.3, 0.4) is 0 Å². The third kappa shape index (κ3) is 6.12. The molecule has 3 aliphatic carbocycles. The third-order valence-corrected chi connectivity index (χ3v) is 18.6. The fourth-order valence-corrected chi connectivity index (χ4v) is 14.0. The zero-order valence-corrected chi connectivity index (χ0v) is 43.5. The van der Waals surface area contributed by atoms with Crippen LogP contribution < -0.4 is 16.2 Å². The van der Waals surface area contributed by atoms with Crippen molar-refractivity contribution in [2.45, 2.75) is 136 Å². The maximum Gasteiger partial charge on any atom is 0.194 e. The Balaban J connectivity index is 1.19. The van der Waals surface area contributed by atoms with E-state index in [1.807, 2.05) is 0 Å². The first kappa shape index (κ1) is 43.7. The van der Waals surface area contributed by atoms with Crippen molar-refractivity contribution in [3.05, 3.63) is 166 Å². The Bertz CT molecular complexity index is 3770. The average molecular weight is 912 g/mol. The van der Waals surface area contributed by atoms with E-state index in [0.717, 1.165) is 42.5 Å². The number of hydrogen-bond donors (Lipinski definition) is 1. The quantitative estimate of drug-likeness (QED) is 0.179. The second-order valence-corrected chi connectivity index (χ2v) is 25.1. The van der Waals surface area contributed by atoms with E-state index in [0.29, 0.717) is 0 Å². The van der Waals surface area contributed by atoms with Gasteiger partial charge in [-0.3, -0.25) is 0 Å². The number of benzene rings is 8. The molecule has 0 atom stereocenters. The maximum absolute atomic E-state index is 7.63. The number of rotatable bonds is 3. The molecule has 3 heteroatoms. The van der Waals surface area contributed by atoms with Crippen molar-refractivity contribution in [1.29, 1.82) is 0 Å². The molecule has 2 heterocycles. The molecule has 1 aromatic heterocycles. The summed E-state index contributed by atoms with van der Waals surface area (Å²) in [6.07, 6.45) is 4.67. The summed E-state index contributed by atoms with van der Waals surface area (Å²) in [6.45, 7) is 29.1. The highest BCUT2D eigenvalue weighted by atomic mass is 16.3. The van der Waals surface area contributed by atoms with E-state index in [1.165, 1.54) is 134 Å². The van der Waals surface area contributed by atoms with Gasteiger partial charge >= 0.3 is 0 Å². The summed E-state index contributed by atoms with van der Waals surface area (Å²) in [5.41, 5.74) is 28.4. The van der Waals surface area contributed by atoms with Crippen LogP contribution in [0.1, 0.15) is 139 Å². The normalized spacial score (nSPS) is 18.2. The molecule has 13 rings (SSSR count). The minimum Gasteiger partial charge on any atom is -0.455 e. The second kappa shape index (κ2) is 14.4. The van der Waals surface area contributed by atoms with E-state index in [2.05, 4.69) is 210 Å². The Hall–Kier alpha value is -6.32. The lowest BCUT2D eigenvalue weighted by Crippen LogP contribution is -2.35. The predicted molar refractivity (Wildman–Crippen MR) is 301 cm³/mol. The Morgan fingerprint density at radius 3 is 1.73 bits per heavy atom. The number of furan rings is 1. The van der Waals surface area contributed by atoms with Gasteiger partial charge in [-0.1, -0.05) is 153 Å². The van der Waals surface area contributed by atoms with Gasteiger partial charge in [0.2, 0.25) is 0 Å². The van der Waals surface area contributed by atoms with Crippen molar-refractivity contribution in [1.82, 2.24) is 0 Å². The maximum atomic E-state index is 7.63. The molecule has 1 aliphatic heterocycles. The van der Waals surface area contributed by atoms with Gasteiger partial charge in [-0.2, -0.15) is 0 Å². The van der Waals surface area contributed by atoms with E-state index >= 15 is 0 Å². The second-order valence-electron chi connectivity index (χ2n) is 25.1. The molecule has 0 saturated heterocycles. The van der Waals surface area contributed by atoms with Gasteiger partial charge in [0.05, 0.1) is 5.69 Å².